The second-order valence-electron chi connectivity index (χ2n) is 10.6. The number of halogens is 5. The molecule has 0 saturated carbocycles. The SMILES string of the molecule is Cc1c(C(C)Nc2nnc(C)c3ccc(N4CCC(N5CCC(F)(F)C5)CC4)cc23)cccc1C(F)(F)F.O=CO. The number of anilines is 2. The van der Waals surface area contributed by atoms with Crippen molar-refractivity contribution in [2.75, 3.05) is 36.4 Å². The summed E-state index contributed by atoms with van der Waals surface area (Å²) < 4.78 is 67.7. The van der Waals surface area contributed by atoms with Gasteiger partial charge in [0.1, 0.15) is 0 Å². The molecule has 12 heteroatoms. The Hall–Kier alpha value is -3.54. The highest BCUT2D eigenvalue weighted by molar-refractivity contribution is 5.95. The molecule has 0 bridgehead atoms. The van der Waals surface area contributed by atoms with Gasteiger partial charge in [-0.2, -0.15) is 18.3 Å². The minimum atomic E-state index is -4.42. The Balaban J connectivity index is 0.00000124. The van der Waals surface area contributed by atoms with Crippen LogP contribution in [0.25, 0.3) is 10.8 Å². The van der Waals surface area contributed by atoms with Crippen LogP contribution < -0.4 is 10.2 Å². The van der Waals surface area contributed by atoms with Gasteiger partial charge in [-0.05, 0) is 62.9 Å². The molecule has 1 atom stereocenters. The highest BCUT2D eigenvalue weighted by Crippen LogP contribution is 2.37. The first-order valence-electron chi connectivity index (χ1n) is 13.5. The van der Waals surface area contributed by atoms with Gasteiger partial charge in [0.2, 0.25) is 0 Å². The molecule has 2 aromatic carbocycles. The molecule has 1 unspecified atom stereocenters. The van der Waals surface area contributed by atoms with E-state index in [0.29, 0.717) is 17.9 Å². The summed E-state index contributed by atoms with van der Waals surface area (Å²) in [5.74, 6) is -2.08. The Morgan fingerprint density at radius 2 is 1.76 bits per heavy atom. The lowest BCUT2D eigenvalue weighted by atomic mass is 9.97. The van der Waals surface area contributed by atoms with E-state index in [9.17, 15) is 22.0 Å². The summed E-state index contributed by atoms with van der Waals surface area (Å²) in [7, 11) is 0. The molecule has 0 amide bonds. The van der Waals surface area contributed by atoms with Gasteiger partial charge in [0.25, 0.3) is 12.4 Å². The van der Waals surface area contributed by atoms with Gasteiger partial charge < -0.3 is 15.3 Å². The molecule has 0 radical (unpaired) electrons. The molecule has 0 aliphatic carbocycles. The third-order valence-corrected chi connectivity index (χ3v) is 7.99. The molecular formula is C29H34F5N5O2. The predicted molar refractivity (Wildman–Crippen MR) is 148 cm³/mol. The van der Waals surface area contributed by atoms with E-state index in [1.807, 2.05) is 36.9 Å². The number of aryl methyl sites for hydroxylation is 1. The van der Waals surface area contributed by atoms with Crippen molar-refractivity contribution in [3.8, 4) is 0 Å². The smallest absolute Gasteiger partial charge is 0.416 e. The Morgan fingerprint density at radius 3 is 2.37 bits per heavy atom. The van der Waals surface area contributed by atoms with Crippen molar-refractivity contribution in [1.82, 2.24) is 15.1 Å². The zero-order valence-electron chi connectivity index (χ0n) is 23.2. The van der Waals surface area contributed by atoms with Gasteiger partial charge in [0.15, 0.2) is 5.82 Å². The maximum atomic E-state index is 13.7. The van der Waals surface area contributed by atoms with Gasteiger partial charge in [-0.25, -0.2) is 8.78 Å². The summed E-state index contributed by atoms with van der Waals surface area (Å²) in [5.41, 5.74) is 1.84. The van der Waals surface area contributed by atoms with Crippen LogP contribution in [-0.4, -0.2) is 64.8 Å². The van der Waals surface area contributed by atoms with Crippen LogP contribution in [0.2, 0.25) is 0 Å². The molecule has 2 aliphatic rings. The molecule has 0 spiro atoms. The fraction of sp³-hybridized carbons (Fsp3) is 0.483. The van der Waals surface area contributed by atoms with Crippen molar-refractivity contribution in [1.29, 1.82) is 0 Å². The van der Waals surface area contributed by atoms with Crippen LogP contribution in [0.5, 0.6) is 0 Å². The van der Waals surface area contributed by atoms with E-state index < -0.39 is 23.7 Å². The number of benzene rings is 2. The number of fused-ring (bicyclic) bond motifs is 1. The highest BCUT2D eigenvalue weighted by atomic mass is 19.4. The normalized spacial score (nSPS) is 18.6. The lowest BCUT2D eigenvalue weighted by Gasteiger charge is -2.38. The summed E-state index contributed by atoms with van der Waals surface area (Å²) in [6.07, 6.45) is -2.85. The fourth-order valence-electron chi connectivity index (χ4n) is 5.86. The van der Waals surface area contributed by atoms with Crippen molar-refractivity contribution in [3.05, 3.63) is 58.8 Å². The molecule has 3 aromatic rings. The third kappa shape index (κ3) is 6.86. The lowest BCUT2D eigenvalue weighted by Crippen LogP contribution is -2.44. The predicted octanol–water partition coefficient (Wildman–Crippen LogP) is 6.45. The molecule has 41 heavy (non-hydrogen) atoms. The van der Waals surface area contributed by atoms with Gasteiger partial charge in [-0.15, -0.1) is 5.10 Å². The van der Waals surface area contributed by atoms with Crippen molar-refractivity contribution >= 4 is 28.7 Å². The molecule has 2 N–H and O–H groups in total. The quantitative estimate of drug-likeness (QED) is 0.266. The van der Waals surface area contributed by atoms with E-state index in [-0.39, 0.29) is 31.0 Å². The minimum absolute atomic E-state index is 0.0630. The zero-order chi connectivity index (χ0) is 29.9. The Bertz CT molecular complexity index is 1380. The monoisotopic (exact) mass is 579 g/mol. The Kier molecular flexibility index (Phi) is 9.00. The van der Waals surface area contributed by atoms with Gasteiger partial charge in [-0.3, -0.25) is 9.69 Å². The average Bonchev–Trinajstić information content (AvgIpc) is 3.29. The number of rotatable bonds is 5. The number of hydrogen-bond acceptors (Lipinski definition) is 6. The molecule has 2 fully saturated rings. The van der Waals surface area contributed by atoms with Crippen molar-refractivity contribution in [3.63, 3.8) is 0 Å². The van der Waals surface area contributed by atoms with Crippen LogP contribution in [0, 0.1) is 13.8 Å². The van der Waals surface area contributed by atoms with E-state index in [2.05, 4.69) is 20.4 Å². The number of nitrogens with zero attached hydrogens (tertiary/aromatic N) is 4. The zero-order valence-corrected chi connectivity index (χ0v) is 23.2. The first-order chi connectivity index (χ1) is 19.3. The maximum Gasteiger partial charge on any atom is 0.416 e. The molecule has 1 aromatic heterocycles. The Labute approximate surface area is 235 Å². The molecule has 222 valence electrons. The summed E-state index contributed by atoms with van der Waals surface area (Å²) in [4.78, 5) is 12.5. The van der Waals surface area contributed by atoms with Crippen molar-refractivity contribution < 1.29 is 31.9 Å². The standard InChI is InChI=1S/C28H32F5N5.CH2O2/c1-17-22(5-4-6-25(17)28(31,32)33)18(2)34-26-24-15-21(7-8-23(24)19(3)35-36-26)37-12-9-20(10-13-37)38-14-11-27(29,30)16-38;2-1-3/h4-8,15,18,20H,9-14,16H2,1-3H3,(H,34,36);1H,(H,2,3). The summed E-state index contributed by atoms with van der Waals surface area (Å²) in [5, 5.41) is 20.6. The van der Waals surface area contributed by atoms with Crippen LogP contribution in [0.15, 0.2) is 36.4 Å². The molecule has 2 aliphatic heterocycles. The van der Waals surface area contributed by atoms with E-state index in [4.69, 9.17) is 9.90 Å². The van der Waals surface area contributed by atoms with Gasteiger partial charge in [0.05, 0.1) is 23.8 Å². The topological polar surface area (TPSA) is 81.6 Å². The van der Waals surface area contributed by atoms with E-state index >= 15 is 0 Å². The van der Waals surface area contributed by atoms with E-state index in [0.717, 1.165) is 54.2 Å². The van der Waals surface area contributed by atoms with Crippen LogP contribution in [-0.2, 0) is 11.0 Å². The fourth-order valence-corrected chi connectivity index (χ4v) is 5.86. The molecule has 3 heterocycles. The molecular weight excluding hydrogens is 545 g/mol. The number of carbonyl (C=O) groups is 1. The lowest BCUT2D eigenvalue weighted by molar-refractivity contribution is -0.138. The number of nitrogens with one attached hydrogen (secondary N) is 1. The first-order valence-corrected chi connectivity index (χ1v) is 13.5. The summed E-state index contributed by atoms with van der Waals surface area (Å²) >= 11 is 0. The van der Waals surface area contributed by atoms with Crippen LogP contribution >= 0.6 is 0 Å². The number of piperidine rings is 1. The van der Waals surface area contributed by atoms with Gasteiger partial charge in [-0.1, -0.05) is 18.2 Å². The third-order valence-electron chi connectivity index (χ3n) is 7.99. The first kappa shape index (κ1) is 30.4. The van der Waals surface area contributed by atoms with E-state index in [1.165, 1.54) is 13.0 Å². The molecule has 7 nitrogen and oxygen atoms in total. The van der Waals surface area contributed by atoms with Crippen LogP contribution in [0.4, 0.5) is 33.5 Å². The second-order valence-corrected chi connectivity index (χ2v) is 10.6. The average molecular weight is 580 g/mol. The van der Waals surface area contributed by atoms with E-state index in [1.54, 1.807) is 6.07 Å². The largest absolute Gasteiger partial charge is 0.483 e. The second kappa shape index (κ2) is 12.1. The van der Waals surface area contributed by atoms with Crippen LogP contribution in [0.1, 0.15) is 54.6 Å². The number of hydrogen-bond donors (Lipinski definition) is 2. The number of aromatic nitrogens is 2. The van der Waals surface area contributed by atoms with Crippen LogP contribution in [0.3, 0.4) is 0 Å². The highest BCUT2D eigenvalue weighted by Gasteiger charge is 2.41. The maximum absolute atomic E-state index is 13.7. The van der Waals surface area contributed by atoms with Crippen molar-refractivity contribution in [2.45, 2.75) is 64.2 Å². The number of alkyl halides is 5. The van der Waals surface area contributed by atoms with Gasteiger partial charge in [0, 0.05) is 48.6 Å². The summed E-state index contributed by atoms with van der Waals surface area (Å²) in [6.45, 7) is 6.74. The van der Waals surface area contributed by atoms with Gasteiger partial charge >= 0.3 is 6.18 Å². The minimum Gasteiger partial charge on any atom is -0.483 e. The molecule has 5 rings (SSSR count). The molecule has 2 saturated heterocycles. The number of carboxylic acid groups (broad SMARTS) is 1. The summed E-state index contributed by atoms with van der Waals surface area (Å²) in [6, 6.07) is 10.0. The Morgan fingerprint density at radius 1 is 1.07 bits per heavy atom. The van der Waals surface area contributed by atoms with Crippen molar-refractivity contribution in [2.24, 2.45) is 0 Å². The number of likely N-dealkylation sites (tertiary alicyclic amines) is 1.